The largest absolute Gasteiger partial charge is 0.311 e. The second kappa shape index (κ2) is 7.00. The van der Waals surface area contributed by atoms with Gasteiger partial charge >= 0.3 is 0 Å². The number of rotatable bonds is 3. The Bertz CT molecular complexity index is 310. The number of nitrogens with zero attached hydrogens (tertiary/aromatic N) is 1. The summed E-state index contributed by atoms with van der Waals surface area (Å²) in [6.07, 6.45) is 7.05. The first-order valence-corrected chi connectivity index (χ1v) is 9.26. The fourth-order valence-corrected chi connectivity index (χ4v) is 4.47. The molecule has 2 rings (SSSR count). The van der Waals surface area contributed by atoms with Crippen molar-refractivity contribution in [2.75, 3.05) is 13.1 Å². The van der Waals surface area contributed by atoms with Gasteiger partial charge in [-0.25, -0.2) is 0 Å². The van der Waals surface area contributed by atoms with E-state index in [1.807, 2.05) is 0 Å². The second-order valence-electron chi connectivity index (χ2n) is 9.16. The van der Waals surface area contributed by atoms with Gasteiger partial charge in [0.1, 0.15) is 0 Å². The van der Waals surface area contributed by atoms with Gasteiger partial charge in [-0.2, -0.15) is 0 Å². The van der Waals surface area contributed by atoms with Crippen molar-refractivity contribution < 1.29 is 0 Å². The van der Waals surface area contributed by atoms with Crippen molar-refractivity contribution in [1.29, 1.82) is 0 Å². The topological polar surface area (TPSA) is 15.3 Å². The van der Waals surface area contributed by atoms with Crippen LogP contribution >= 0.6 is 0 Å². The van der Waals surface area contributed by atoms with Crippen molar-refractivity contribution in [1.82, 2.24) is 10.2 Å². The molecule has 21 heavy (non-hydrogen) atoms. The molecule has 124 valence electrons. The van der Waals surface area contributed by atoms with E-state index < -0.39 is 0 Å². The van der Waals surface area contributed by atoms with Crippen molar-refractivity contribution in [3.8, 4) is 0 Å². The minimum atomic E-state index is 0.499. The molecule has 1 aliphatic carbocycles. The lowest BCUT2D eigenvalue weighted by Crippen LogP contribution is -2.59. The van der Waals surface area contributed by atoms with Gasteiger partial charge in [-0.05, 0) is 56.3 Å². The monoisotopic (exact) mass is 294 g/mol. The van der Waals surface area contributed by atoms with E-state index in [0.29, 0.717) is 11.5 Å². The molecule has 2 atom stereocenters. The lowest BCUT2D eigenvalue weighted by Gasteiger charge is -2.48. The van der Waals surface area contributed by atoms with Crippen LogP contribution in [0.15, 0.2) is 0 Å². The van der Waals surface area contributed by atoms with E-state index in [1.54, 1.807) is 0 Å². The van der Waals surface area contributed by atoms with Crippen LogP contribution in [0.2, 0.25) is 0 Å². The molecule has 2 fully saturated rings. The number of hydrogen-bond donors (Lipinski definition) is 1. The van der Waals surface area contributed by atoms with E-state index in [1.165, 1.54) is 45.2 Å². The Kier molecular flexibility index (Phi) is 5.76. The van der Waals surface area contributed by atoms with Crippen molar-refractivity contribution in [2.45, 2.75) is 91.8 Å². The van der Waals surface area contributed by atoms with Gasteiger partial charge in [-0.1, -0.05) is 34.6 Å². The van der Waals surface area contributed by atoms with Crippen molar-refractivity contribution >= 4 is 0 Å². The van der Waals surface area contributed by atoms with Crippen LogP contribution in [0.5, 0.6) is 0 Å². The summed E-state index contributed by atoms with van der Waals surface area (Å²) in [7, 11) is 0. The molecule has 0 spiro atoms. The molecular formula is C19H38N2. The summed E-state index contributed by atoms with van der Waals surface area (Å²) in [4.78, 5) is 2.88. The van der Waals surface area contributed by atoms with Crippen molar-refractivity contribution in [3.05, 3.63) is 0 Å². The minimum Gasteiger partial charge on any atom is -0.311 e. The molecular weight excluding hydrogens is 256 g/mol. The predicted molar refractivity (Wildman–Crippen MR) is 92.6 cm³/mol. The molecule has 1 saturated heterocycles. The summed E-state index contributed by atoms with van der Waals surface area (Å²) >= 11 is 0. The molecule has 0 aromatic heterocycles. The number of hydrogen-bond acceptors (Lipinski definition) is 2. The smallest absolute Gasteiger partial charge is 0.0226 e. The van der Waals surface area contributed by atoms with Gasteiger partial charge in [0, 0.05) is 31.2 Å². The Morgan fingerprint density at radius 1 is 1.10 bits per heavy atom. The molecule has 2 unspecified atom stereocenters. The fraction of sp³-hybridized carbons (Fsp3) is 1.00. The van der Waals surface area contributed by atoms with Crippen molar-refractivity contribution in [2.24, 2.45) is 17.3 Å². The Morgan fingerprint density at radius 3 is 2.24 bits per heavy atom. The highest BCUT2D eigenvalue weighted by molar-refractivity contribution is 4.92. The number of piperazine rings is 1. The van der Waals surface area contributed by atoms with Gasteiger partial charge < -0.3 is 5.32 Å². The van der Waals surface area contributed by atoms with E-state index in [4.69, 9.17) is 0 Å². The van der Waals surface area contributed by atoms with Gasteiger partial charge in [0.05, 0.1) is 0 Å². The lowest BCUT2D eigenvalue weighted by atomic mass is 9.71. The maximum Gasteiger partial charge on any atom is 0.0226 e. The zero-order valence-corrected chi connectivity index (χ0v) is 15.3. The zero-order valence-electron chi connectivity index (χ0n) is 15.3. The van der Waals surface area contributed by atoms with Gasteiger partial charge in [0.15, 0.2) is 0 Å². The van der Waals surface area contributed by atoms with Crippen LogP contribution in [-0.4, -0.2) is 36.1 Å². The number of nitrogens with one attached hydrogen (secondary N) is 1. The molecule has 0 amide bonds. The molecule has 1 heterocycles. The average Bonchev–Trinajstić information content (AvgIpc) is 2.39. The minimum absolute atomic E-state index is 0.499. The SMILES string of the molecule is CC(C)CC1CNC(C)CN1C1CCC(C(C)(C)C)CC1. The summed E-state index contributed by atoms with van der Waals surface area (Å²) in [5, 5.41) is 3.70. The van der Waals surface area contributed by atoms with Crippen LogP contribution in [0.25, 0.3) is 0 Å². The molecule has 0 aromatic carbocycles. The zero-order chi connectivity index (χ0) is 15.6. The van der Waals surface area contributed by atoms with Crippen LogP contribution in [0.1, 0.15) is 73.6 Å². The molecule has 2 heteroatoms. The van der Waals surface area contributed by atoms with Gasteiger partial charge in [0.2, 0.25) is 0 Å². The van der Waals surface area contributed by atoms with Crippen LogP contribution < -0.4 is 5.32 Å². The highest BCUT2D eigenvalue weighted by Gasteiger charge is 2.36. The summed E-state index contributed by atoms with van der Waals surface area (Å²) in [5.41, 5.74) is 0.499. The molecule has 0 radical (unpaired) electrons. The maximum atomic E-state index is 3.70. The Morgan fingerprint density at radius 2 is 1.71 bits per heavy atom. The highest BCUT2D eigenvalue weighted by atomic mass is 15.3. The standard InChI is InChI=1S/C19H38N2/c1-14(2)11-18-12-20-15(3)13-21(18)17-9-7-16(8-10-17)19(4,5)6/h14-18,20H,7-13H2,1-6H3. The summed E-state index contributed by atoms with van der Waals surface area (Å²) in [6, 6.07) is 2.27. The van der Waals surface area contributed by atoms with Gasteiger partial charge in [-0.15, -0.1) is 0 Å². The van der Waals surface area contributed by atoms with Crippen LogP contribution in [0.3, 0.4) is 0 Å². The van der Waals surface area contributed by atoms with E-state index in [-0.39, 0.29) is 0 Å². The van der Waals surface area contributed by atoms with Crippen LogP contribution in [0, 0.1) is 17.3 Å². The van der Waals surface area contributed by atoms with Gasteiger partial charge in [0.25, 0.3) is 0 Å². The first-order chi connectivity index (χ1) is 9.77. The third kappa shape index (κ3) is 4.69. The first-order valence-electron chi connectivity index (χ1n) is 9.26. The average molecular weight is 295 g/mol. The van der Waals surface area contributed by atoms with E-state index in [2.05, 4.69) is 51.8 Å². The predicted octanol–water partition coefficient (Wildman–Crippen LogP) is 4.30. The molecule has 2 aliphatic rings. The third-order valence-electron chi connectivity index (χ3n) is 5.79. The molecule has 1 saturated carbocycles. The molecule has 1 N–H and O–H groups in total. The van der Waals surface area contributed by atoms with E-state index >= 15 is 0 Å². The maximum absolute atomic E-state index is 3.70. The molecule has 2 nitrogen and oxygen atoms in total. The lowest BCUT2D eigenvalue weighted by molar-refractivity contribution is 0.0327. The van der Waals surface area contributed by atoms with Gasteiger partial charge in [-0.3, -0.25) is 4.90 Å². The first kappa shape index (κ1) is 17.3. The van der Waals surface area contributed by atoms with E-state index in [0.717, 1.165) is 23.9 Å². The summed E-state index contributed by atoms with van der Waals surface area (Å²) in [5.74, 6) is 1.73. The van der Waals surface area contributed by atoms with Crippen LogP contribution in [-0.2, 0) is 0 Å². The molecule has 0 bridgehead atoms. The Balaban J connectivity index is 1.95. The fourth-order valence-electron chi connectivity index (χ4n) is 4.47. The van der Waals surface area contributed by atoms with Crippen molar-refractivity contribution in [3.63, 3.8) is 0 Å². The third-order valence-corrected chi connectivity index (χ3v) is 5.79. The highest BCUT2D eigenvalue weighted by Crippen LogP contribution is 2.39. The molecule has 0 aromatic rings. The Hall–Kier alpha value is -0.0800. The van der Waals surface area contributed by atoms with Crippen LogP contribution in [0.4, 0.5) is 0 Å². The summed E-state index contributed by atoms with van der Waals surface area (Å²) in [6.45, 7) is 16.8. The Labute approximate surface area is 133 Å². The van der Waals surface area contributed by atoms with E-state index in [9.17, 15) is 0 Å². The quantitative estimate of drug-likeness (QED) is 0.835. The second-order valence-corrected chi connectivity index (χ2v) is 9.16. The summed E-state index contributed by atoms with van der Waals surface area (Å²) < 4.78 is 0. The molecule has 1 aliphatic heterocycles. The normalized spacial score (nSPS) is 36.1.